The Balaban J connectivity index is 1.54. The van der Waals surface area contributed by atoms with Gasteiger partial charge in [-0.3, -0.25) is 4.79 Å². The van der Waals surface area contributed by atoms with E-state index in [0.717, 1.165) is 37.9 Å². The van der Waals surface area contributed by atoms with E-state index in [1.54, 1.807) is 0 Å². The van der Waals surface area contributed by atoms with E-state index < -0.39 is 6.10 Å². The van der Waals surface area contributed by atoms with Crippen LogP contribution >= 0.6 is 11.6 Å². The Kier molecular flexibility index (Phi) is 6.78. The highest BCUT2D eigenvalue weighted by Gasteiger charge is 2.28. The number of ether oxygens (including phenoxy) is 1. The zero-order valence-electron chi connectivity index (χ0n) is 16.2. The normalized spacial score (nSPS) is 16.2. The van der Waals surface area contributed by atoms with Crippen molar-refractivity contribution in [1.29, 1.82) is 0 Å². The molecule has 0 unspecified atom stereocenters. The first-order valence-electron chi connectivity index (χ1n) is 9.82. The maximum absolute atomic E-state index is 12.9. The zero-order chi connectivity index (χ0) is 19.2. The van der Waals surface area contributed by atoms with Gasteiger partial charge in [-0.05, 0) is 67.9 Å². The lowest BCUT2D eigenvalue weighted by atomic mass is 9.90. The van der Waals surface area contributed by atoms with Crippen LogP contribution in [-0.2, 0) is 11.2 Å². The summed E-state index contributed by atoms with van der Waals surface area (Å²) in [5, 5.41) is 0.710. The molecule has 1 heterocycles. The summed E-state index contributed by atoms with van der Waals surface area (Å²) in [5.74, 6) is 1.45. The number of rotatable bonds is 6. The minimum atomic E-state index is -0.434. The monoisotopic (exact) mass is 385 g/mol. The molecule has 0 radical (unpaired) electrons. The molecule has 0 saturated carbocycles. The number of likely N-dealkylation sites (tertiary alicyclic amines) is 1. The van der Waals surface area contributed by atoms with Crippen molar-refractivity contribution in [2.24, 2.45) is 5.92 Å². The third-order valence-electron chi connectivity index (χ3n) is 5.35. The van der Waals surface area contributed by atoms with Crippen molar-refractivity contribution < 1.29 is 9.53 Å². The molecule has 2 aromatic rings. The number of benzene rings is 2. The molecule has 0 N–H and O–H groups in total. The van der Waals surface area contributed by atoms with Gasteiger partial charge < -0.3 is 9.64 Å². The topological polar surface area (TPSA) is 29.5 Å². The highest BCUT2D eigenvalue weighted by atomic mass is 35.5. The molecule has 0 aliphatic carbocycles. The number of hydrogen-bond acceptors (Lipinski definition) is 2. The molecule has 4 heteroatoms. The average Bonchev–Trinajstić information content (AvgIpc) is 2.69. The first-order valence-corrected chi connectivity index (χ1v) is 10.2. The van der Waals surface area contributed by atoms with Crippen molar-refractivity contribution >= 4 is 17.5 Å². The fourth-order valence-corrected chi connectivity index (χ4v) is 3.79. The van der Waals surface area contributed by atoms with Gasteiger partial charge in [-0.15, -0.1) is 0 Å². The van der Waals surface area contributed by atoms with Crippen LogP contribution in [0, 0.1) is 12.8 Å². The van der Waals surface area contributed by atoms with Gasteiger partial charge in [0, 0.05) is 18.1 Å². The average molecular weight is 386 g/mol. The Morgan fingerprint density at radius 3 is 2.52 bits per heavy atom. The van der Waals surface area contributed by atoms with Gasteiger partial charge in [0.25, 0.3) is 5.91 Å². The number of piperidine rings is 1. The van der Waals surface area contributed by atoms with Crippen LogP contribution in [0.3, 0.4) is 0 Å². The lowest BCUT2D eigenvalue weighted by Gasteiger charge is -2.34. The van der Waals surface area contributed by atoms with Gasteiger partial charge in [-0.2, -0.15) is 0 Å². The summed E-state index contributed by atoms with van der Waals surface area (Å²) in [6, 6.07) is 16.2. The second kappa shape index (κ2) is 9.27. The minimum absolute atomic E-state index is 0.100. The van der Waals surface area contributed by atoms with Crippen LogP contribution in [0.15, 0.2) is 48.5 Å². The smallest absolute Gasteiger partial charge is 0.263 e. The van der Waals surface area contributed by atoms with Crippen molar-refractivity contribution in [3.63, 3.8) is 0 Å². The molecule has 1 atom stereocenters. The maximum atomic E-state index is 12.9. The summed E-state index contributed by atoms with van der Waals surface area (Å²) < 4.78 is 5.99. The summed E-state index contributed by atoms with van der Waals surface area (Å²) in [5.41, 5.74) is 2.34. The standard InChI is InChI=1S/C23H28ClNO2/c1-3-22(27-20-9-10-21(24)17(2)15-20)23(26)25-13-11-19(12-14-25)16-18-7-5-4-6-8-18/h4-10,15,19,22H,3,11-14,16H2,1-2H3/t22-/m0/s1. The van der Waals surface area contributed by atoms with Crippen LogP contribution in [0.1, 0.15) is 37.3 Å². The van der Waals surface area contributed by atoms with Crippen LogP contribution in [0.25, 0.3) is 0 Å². The molecule has 1 fully saturated rings. The summed E-state index contributed by atoms with van der Waals surface area (Å²) in [6.07, 6.45) is 3.43. The fourth-order valence-electron chi connectivity index (χ4n) is 3.67. The number of amides is 1. The molecule has 0 spiro atoms. The Morgan fingerprint density at radius 1 is 1.19 bits per heavy atom. The molecule has 0 aromatic heterocycles. The first kappa shape index (κ1) is 19.8. The van der Waals surface area contributed by atoms with Crippen molar-refractivity contribution in [3.8, 4) is 5.75 Å². The van der Waals surface area contributed by atoms with Crippen LogP contribution in [0.2, 0.25) is 5.02 Å². The van der Waals surface area contributed by atoms with Gasteiger partial charge in [-0.25, -0.2) is 0 Å². The van der Waals surface area contributed by atoms with Gasteiger partial charge >= 0.3 is 0 Å². The predicted molar refractivity (Wildman–Crippen MR) is 110 cm³/mol. The second-order valence-electron chi connectivity index (χ2n) is 7.38. The van der Waals surface area contributed by atoms with Gasteiger partial charge in [-0.1, -0.05) is 48.9 Å². The van der Waals surface area contributed by atoms with Crippen LogP contribution in [-0.4, -0.2) is 30.0 Å². The van der Waals surface area contributed by atoms with Gasteiger partial charge in [0.15, 0.2) is 6.10 Å². The summed E-state index contributed by atoms with van der Waals surface area (Å²) in [6.45, 7) is 5.56. The third kappa shape index (κ3) is 5.26. The van der Waals surface area contributed by atoms with Crippen molar-refractivity contribution in [3.05, 3.63) is 64.7 Å². The highest BCUT2D eigenvalue weighted by molar-refractivity contribution is 6.31. The Hall–Kier alpha value is -2.00. The summed E-state index contributed by atoms with van der Waals surface area (Å²) in [7, 11) is 0. The molecule has 1 aliphatic rings. The van der Waals surface area contributed by atoms with Gasteiger partial charge in [0.1, 0.15) is 5.75 Å². The lowest BCUT2D eigenvalue weighted by Crippen LogP contribution is -2.45. The quantitative estimate of drug-likeness (QED) is 0.676. The van der Waals surface area contributed by atoms with E-state index in [-0.39, 0.29) is 5.91 Å². The Labute approximate surface area is 167 Å². The number of carbonyl (C=O) groups is 1. The zero-order valence-corrected chi connectivity index (χ0v) is 16.9. The van der Waals surface area contributed by atoms with E-state index in [1.807, 2.05) is 36.9 Å². The van der Waals surface area contributed by atoms with Crippen molar-refractivity contribution in [2.45, 2.75) is 45.6 Å². The van der Waals surface area contributed by atoms with Crippen LogP contribution in [0.4, 0.5) is 0 Å². The Bertz CT molecular complexity index is 754. The summed E-state index contributed by atoms with van der Waals surface area (Å²) in [4.78, 5) is 14.9. The number of hydrogen-bond donors (Lipinski definition) is 0. The molecule has 3 nitrogen and oxygen atoms in total. The molecular weight excluding hydrogens is 358 g/mol. The number of nitrogens with zero attached hydrogens (tertiary/aromatic N) is 1. The second-order valence-corrected chi connectivity index (χ2v) is 7.79. The van der Waals surface area contributed by atoms with E-state index in [4.69, 9.17) is 16.3 Å². The van der Waals surface area contributed by atoms with E-state index in [9.17, 15) is 4.79 Å². The molecule has 27 heavy (non-hydrogen) atoms. The minimum Gasteiger partial charge on any atom is -0.481 e. The van der Waals surface area contributed by atoms with Gasteiger partial charge in [0.2, 0.25) is 0 Å². The Morgan fingerprint density at radius 2 is 1.89 bits per heavy atom. The molecule has 144 valence electrons. The van der Waals surface area contributed by atoms with E-state index >= 15 is 0 Å². The maximum Gasteiger partial charge on any atom is 0.263 e. The predicted octanol–water partition coefficient (Wildman–Crippen LogP) is 5.29. The van der Waals surface area contributed by atoms with Crippen LogP contribution < -0.4 is 4.74 Å². The first-order chi connectivity index (χ1) is 13.1. The largest absolute Gasteiger partial charge is 0.481 e. The lowest BCUT2D eigenvalue weighted by molar-refractivity contribution is -0.140. The molecule has 0 bridgehead atoms. The SMILES string of the molecule is CC[C@H](Oc1ccc(Cl)c(C)c1)C(=O)N1CCC(Cc2ccccc2)CC1. The number of aryl methyl sites for hydroxylation is 1. The van der Waals surface area contributed by atoms with E-state index in [1.165, 1.54) is 5.56 Å². The molecular formula is C23H28ClNO2. The number of halogens is 1. The fraction of sp³-hybridized carbons (Fsp3) is 0.435. The van der Waals surface area contributed by atoms with E-state index in [0.29, 0.717) is 23.1 Å². The van der Waals surface area contributed by atoms with Gasteiger partial charge in [0.05, 0.1) is 0 Å². The van der Waals surface area contributed by atoms with Crippen LogP contribution in [0.5, 0.6) is 5.75 Å². The van der Waals surface area contributed by atoms with Crippen molar-refractivity contribution in [2.75, 3.05) is 13.1 Å². The van der Waals surface area contributed by atoms with E-state index in [2.05, 4.69) is 30.3 Å². The summed E-state index contributed by atoms with van der Waals surface area (Å²) >= 11 is 6.08. The molecule has 2 aromatic carbocycles. The van der Waals surface area contributed by atoms with Crippen molar-refractivity contribution in [1.82, 2.24) is 4.90 Å². The molecule has 3 rings (SSSR count). The number of carbonyl (C=O) groups excluding carboxylic acids is 1. The third-order valence-corrected chi connectivity index (χ3v) is 5.77. The highest BCUT2D eigenvalue weighted by Crippen LogP contribution is 2.25. The molecule has 1 saturated heterocycles. The molecule has 1 aliphatic heterocycles. The molecule has 1 amide bonds.